The molecule has 3 heteroatoms. The van der Waals surface area contributed by atoms with Crippen LogP contribution < -0.4 is 14.4 Å². The highest BCUT2D eigenvalue weighted by atomic mass is 16.6. The summed E-state index contributed by atoms with van der Waals surface area (Å²) in [5.74, 6) is 3.01. The highest BCUT2D eigenvalue weighted by molar-refractivity contribution is 6.00. The van der Waals surface area contributed by atoms with Gasteiger partial charge in [-0.1, -0.05) is 91.0 Å². The smallest absolute Gasteiger partial charge is 0.175 e. The third-order valence-electron chi connectivity index (χ3n) is 8.41. The zero-order valence-corrected chi connectivity index (χ0v) is 22.2. The van der Waals surface area contributed by atoms with Gasteiger partial charge in [0.05, 0.1) is 5.41 Å². The summed E-state index contributed by atoms with van der Waals surface area (Å²) in [7, 11) is 0. The van der Waals surface area contributed by atoms with E-state index in [1.807, 2.05) is 30.3 Å². The second-order valence-corrected chi connectivity index (χ2v) is 10.4. The monoisotopic (exact) mass is 517 g/mol. The van der Waals surface area contributed by atoms with Gasteiger partial charge >= 0.3 is 0 Å². The van der Waals surface area contributed by atoms with Crippen molar-refractivity contribution in [2.75, 3.05) is 11.4 Å². The third-order valence-corrected chi connectivity index (χ3v) is 8.41. The Kier molecular flexibility index (Phi) is 4.86. The van der Waals surface area contributed by atoms with Gasteiger partial charge in [-0.05, 0) is 64.6 Å². The van der Waals surface area contributed by atoms with Crippen LogP contribution in [-0.2, 0) is 5.41 Å². The second-order valence-electron chi connectivity index (χ2n) is 10.4. The number of allylic oxidation sites excluding steroid dienone is 1. The lowest BCUT2D eigenvalue weighted by molar-refractivity contribution is 0.354. The molecule has 0 saturated heterocycles. The van der Waals surface area contributed by atoms with Crippen molar-refractivity contribution in [3.63, 3.8) is 0 Å². The average Bonchev–Trinajstić information content (AvgIpc) is 3.47. The van der Waals surface area contributed by atoms with Gasteiger partial charge in [0.2, 0.25) is 0 Å². The van der Waals surface area contributed by atoms with Gasteiger partial charge in [-0.2, -0.15) is 0 Å². The summed E-state index contributed by atoms with van der Waals surface area (Å²) >= 11 is 0. The van der Waals surface area contributed by atoms with Gasteiger partial charge in [0.1, 0.15) is 0 Å². The molecule has 0 aromatic heterocycles. The summed E-state index contributed by atoms with van der Waals surface area (Å²) in [5.41, 5.74) is 10.4. The quantitative estimate of drug-likeness (QED) is 0.217. The molecule has 192 valence electrons. The Balaban J connectivity index is 1.50. The topological polar surface area (TPSA) is 21.7 Å². The molecule has 0 saturated carbocycles. The van der Waals surface area contributed by atoms with Crippen LogP contribution in [0.3, 0.4) is 0 Å². The molecule has 40 heavy (non-hydrogen) atoms. The zero-order valence-electron chi connectivity index (χ0n) is 22.2. The summed E-state index contributed by atoms with van der Waals surface area (Å²) in [6, 6.07) is 36.5. The number of hydrogen-bond acceptors (Lipinski definition) is 3. The molecule has 1 atom stereocenters. The van der Waals surface area contributed by atoms with Gasteiger partial charge in [-0.15, -0.1) is 6.58 Å². The van der Waals surface area contributed by atoms with Crippen molar-refractivity contribution >= 4 is 5.69 Å². The first-order valence-corrected chi connectivity index (χ1v) is 13.7. The highest BCUT2D eigenvalue weighted by Gasteiger charge is 2.54. The third kappa shape index (κ3) is 2.84. The van der Waals surface area contributed by atoms with E-state index in [2.05, 4.69) is 110 Å². The largest absolute Gasteiger partial charge is 0.450 e. The number of para-hydroxylation sites is 2. The van der Waals surface area contributed by atoms with Crippen molar-refractivity contribution in [2.45, 2.75) is 12.3 Å². The number of rotatable bonds is 4. The molecule has 0 fully saturated rings. The van der Waals surface area contributed by atoms with Crippen LogP contribution in [0.4, 0.5) is 5.69 Å². The van der Waals surface area contributed by atoms with Crippen LogP contribution in [0.2, 0.25) is 0 Å². The summed E-state index contributed by atoms with van der Waals surface area (Å²) < 4.78 is 13.2. The lowest BCUT2D eigenvalue weighted by Crippen LogP contribution is -2.27. The minimum atomic E-state index is -0.551. The first-order chi connectivity index (χ1) is 19.8. The van der Waals surface area contributed by atoms with Crippen molar-refractivity contribution < 1.29 is 9.47 Å². The molecule has 1 unspecified atom stereocenters. The lowest BCUT2D eigenvalue weighted by Gasteiger charge is -2.33. The van der Waals surface area contributed by atoms with E-state index < -0.39 is 5.41 Å². The van der Waals surface area contributed by atoms with Crippen molar-refractivity contribution in [3.05, 3.63) is 150 Å². The van der Waals surface area contributed by atoms with E-state index in [1.54, 1.807) is 0 Å². The second kappa shape index (κ2) is 8.49. The molecule has 3 aliphatic rings. The number of benzene rings is 5. The maximum atomic E-state index is 6.76. The number of fused-ring (bicyclic) bond motifs is 13. The fourth-order valence-electron chi connectivity index (χ4n) is 7.04. The maximum absolute atomic E-state index is 6.76. The Bertz CT molecular complexity index is 1880. The van der Waals surface area contributed by atoms with Gasteiger partial charge in [-0.25, -0.2) is 0 Å². The van der Waals surface area contributed by atoms with E-state index >= 15 is 0 Å². The van der Waals surface area contributed by atoms with Gasteiger partial charge in [-0.3, -0.25) is 0 Å². The SMILES string of the molecule is C=CCN(/C=C/C)c1cccc2c1-c1ccccc1C21c2ccccc2-c2ccc3c(c21)Oc1ccccc1O3. The Morgan fingerprint density at radius 1 is 0.675 bits per heavy atom. The molecule has 1 spiro atoms. The Morgan fingerprint density at radius 3 is 2.12 bits per heavy atom. The van der Waals surface area contributed by atoms with Crippen molar-refractivity contribution in [1.82, 2.24) is 0 Å². The van der Waals surface area contributed by atoms with Gasteiger partial charge in [0.25, 0.3) is 0 Å². The summed E-state index contributed by atoms with van der Waals surface area (Å²) in [6.45, 7) is 6.81. The fourth-order valence-corrected chi connectivity index (χ4v) is 7.04. The van der Waals surface area contributed by atoms with Crippen LogP contribution in [0, 0.1) is 0 Å². The van der Waals surface area contributed by atoms with E-state index in [0.717, 1.165) is 34.2 Å². The van der Waals surface area contributed by atoms with Gasteiger partial charge < -0.3 is 14.4 Å². The molecule has 1 aliphatic heterocycles. The number of hydrogen-bond donors (Lipinski definition) is 0. The van der Waals surface area contributed by atoms with E-state index in [4.69, 9.17) is 9.47 Å². The standard InChI is InChI=1S/C37H27NO2/c1-3-22-38(23-4-2)30-17-11-16-29-34(30)26-13-6-8-15-28(26)37(29)27-14-7-5-12-24(27)25-20-21-33-36(35(25)37)40-32-19-10-9-18-31(32)39-33/h3-21,23H,1,22H2,2H3/b23-4+. The Hall–Kier alpha value is -5.02. The predicted molar refractivity (Wildman–Crippen MR) is 162 cm³/mol. The molecule has 3 nitrogen and oxygen atoms in total. The molecular weight excluding hydrogens is 490 g/mol. The molecule has 5 aromatic rings. The zero-order chi connectivity index (χ0) is 26.8. The number of anilines is 1. The van der Waals surface area contributed by atoms with E-state index in [9.17, 15) is 0 Å². The maximum Gasteiger partial charge on any atom is 0.175 e. The fraction of sp³-hybridized carbons (Fsp3) is 0.0811. The summed E-state index contributed by atoms with van der Waals surface area (Å²) in [4.78, 5) is 2.28. The van der Waals surface area contributed by atoms with E-state index in [-0.39, 0.29) is 0 Å². The molecule has 5 aromatic carbocycles. The lowest BCUT2D eigenvalue weighted by atomic mass is 9.70. The van der Waals surface area contributed by atoms with Crippen LogP contribution in [0.1, 0.15) is 29.2 Å². The molecule has 8 rings (SSSR count). The first kappa shape index (κ1) is 22.9. The molecule has 0 radical (unpaired) electrons. The van der Waals surface area contributed by atoms with Crippen LogP contribution in [0.15, 0.2) is 128 Å². The molecular formula is C37H27NO2. The van der Waals surface area contributed by atoms with Crippen LogP contribution in [0.25, 0.3) is 22.3 Å². The normalized spacial score (nSPS) is 16.7. The number of nitrogens with zero attached hydrogens (tertiary/aromatic N) is 1. The van der Waals surface area contributed by atoms with Gasteiger partial charge in [0.15, 0.2) is 23.0 Å². The molecule has 1 heterocycles. The van der Waals surface area contributed by atoms with E-state index in [1.165, 1.54) is 38.9 Å². The minimum Gasteiger partial charge on any atom is -0.450 e. The minimum absolute atomic E-state index is 0.551. The van der Waals surface area contributed by atoms with Crippen molar-refractivity contribution in [1.29, 1.82) is 0 Å². The number of ether oxygens (including phenoxy) is 2. The van der Waals surface area contributed by atoms with Gasteiger partial charge in [0, 0.05) is 29.6 Å². The first-order valence-electron chi connectivity index (χ1n) is 13.7. The van der Waals surface area contributed by atoms with Crippen molar-refractivity contribution in [3.8, 4) is 45.3 Å². The molecule has 0 N–H and O–H groups in total. The average molecular weight is 518 g/mol. The van der Waals surface area contributed by atoms with Crippen LogP contribution in [0.5, 0.6) is 23.0 Å². The predicted octanol–water partition coefficient (Wildman–Crippen LogP) is 9.45. The molecule has 0 bridgehead atoms. The Morgan fingerprint density at radius 2 is 1.35 bits per heavy atom. The Labute approximate surface area is 234 Å². The van der Waals surface area contributed by atoms with Crippen LogP contribution in [-0.4, -0.2) is 6.54 Å². The summed E-state index contributed by atoms with van der Waals surface area (Å²) in [6.07, 6.45) is 6.17. The van der Waals surface area contributed by atoms with E-state index in [0.29, 0.717) is 6.54 Å². The summed E-state index contributed by atoms with van der Waals surface area (Å²) in [5, 5.41) is 0. The van der Waals surface area contributed by atoms with Crippen LogP contribution >= 0.6 is 0 Å². The highest BCUT2D eigenvalue weighted by Crippen LogP contribution is 2.67. The molecule has 0 amide bonds. The van der Waals surface area contributed by atoms with Crippen molar-refractivity contribution in [2.24, 2.45) is 0 Å². The molecule has 2 aliphatic carbocycles.